The molecule has 1 aromatic carbocycles. The van der Waals surface area contributed by atoms with Gasteiger partial charge in [-0.2, -0.15) is 0 Å². The van der Waals surface area contributed by atoms with Crippen LogP contribution in [0.2, 0.25) is 0 Å². The maximum absolute atomic E-state index is 12.7. The topological polar surface area (TPSA) is 43.8 Å². The summed E-state index contributed by atoms with van der Waals surface area (Å²) < 4.78 is 0. The zero-order valence-corrected chi connectivity index (χ0v) is 16.5. The van der Waals surface area contributed by atoms with Crippen LogP contribution in [-0.4, -0.2) is 59.1 Å². The number of carbonyl (C=O) groups excluding carboxylic acids is 1. The maximum Gasteiger partial charge on any atom is 0.225 e. The molecule has 2 saturated heterocycles. The summed E-state index contributed by atoms with van der Waals surface area (Å²) in [5, 5.41) is 10.1. The highest BCUT2D eigenvalue weighted by Crippen LogP contribution is 2.42. The van der Waals surface area contributed by atoms with E-state index in [0.717, 1.165) is 50.9 Å². The number of rotatable bonds is 3. The van der Waals surface area contributed by atoms with Crippen molar-refractivity contribution in [3.05, 3.63) is 35.4 Å². The smallest absolute Gasteiger partial charge is 0.225 e. The van der Waals surface area contributed by atoms with Crippen LogP contribution in [-0.2, 0) is 4.79 Å². The highest BCUT2D eigenvalue weighted by Gasteiger charge is 2.50. The van der Waals surface area contributed by atoms with Crippen molar-refractivity contribution >= 4 is 5.91 Å². The zero-order valence-electron chi connectivity index (χ0n) is 16.5. The lowest BCUT2D eigenvalue weighted by molar-refractivity contribution is -0.137. The van der Waals surface area contributed by atoms with Crippen LogP contribution in [0.15, 0.2) is 24.3 Å². The Bertz CT molecular complexity index is 785. The molecule has 28 heavy (non-hydrogen) atoms. The SMILES string of the molecule is O=C(C1CC1)N1CCCCN2[C@@H](CO)[C@H](c3ccc(C#CC4CC4)cc3)[C@@H]2C1. The van der Waals surface area contributed by atoms with Crippen LogP contribution >= 0.6 is 0 Å². The summed E-state index contributed by atoms with van der Waals surface area (Å²) in [5.74, 6) is 8.16. The van der Waals surface area contributed by atoms with E-state index in [1.807, 2.05) is 0 Å². The van der Waals surface area contributed by atoms with E-state index in [1.165, 1.54) is 18.4 Å². The number of amides is 1. The molecule has 1 amide bonds. The van der Waals surface area contributed by atoms with Crippen molar-refractivity contribution in [1.82, 2.24) is 9.80 Å². The van der Waals surface area contributed by atoms with Crippen LogP contribution in [0.1, 0.15) is 55.6 Å². The number of aliphatic hydroxyl groups is 1. The van der Waals surface area contributed by atoms with Gasteiger partial charge in [0.15, 0.2) is 0 Å². The molecule has 3 atom stereocenters. The molecule has 2 heterocycles. The van der Waals surface area contributed by atoms with E-state index in [1.54, 1.807) is 0 Å². The predicted octanol–water partition coefficient (Wildman–Crippen LogP) is 2.61. The third kappa shape index (κ3) is 3.58. The lowest BCUT2D eigenvalue weighted by Crippen LogP contribution is -2.68. The number of nitrogens with zero attached hydrogens (tertiary/aromatic N) is 2. The van der Waals surface area contributed by atoms with Crippen LogP contribution < -0.4 is 0 Å². The van der Waals surface area contributed by atoms with E-state index < -0.39 is 0 Å². The van der Waals surface area contributed by atoms with Crippen molar-refractivity contribution in [2.45, 2.75) is 56.5 Å². The Balaban J connectivity index is 1.34. The molecule has 0 radical (unpaired) electrons. The molecule has 0 unspecified atom stereocenters. The number of hydrogen-bond acceptors (Lipinski definition) is 3. The van der Waals surface area contributed by atoms with Gasteiger partial charge in [-0.05, 0) is 62.8 Å². The van der Waals surface area contributed by atoms with Crippen molar-refractivity contribution in [3.63, 3.8) is 0 Å². The highest BCUT2D eigenvalue weighted by molar-refractivity contribution is 5.81. The minimum absolute atomic E-state index is 0.171. The van der Waals surface area contributed by atoms with Crippen molar-refractivity contribution in [3.8, 4) is 11.8 Å². The summed E-state index contributed by atoms with van der Waals surface area (Å²) in [7, 11) is 0. The van der Waals surface area contributed by atoms with Crippen LogP contribution in [0.4, 0.5) is 0 Å². The molecule has 5 rings (SSSR count). The Morgan fingerprint density at radius 1 is 1.07 bits per heavy atom. The Kier molecular flexibility index (Phi) is 4.90. The number of aliphatic hydroxyl groups excluding tert-OH is 1. The van der Waals surface area contributed by atoms with Crippen LogP contribution in [0.3, 0.4) is 0 Å². The molecule has 4 nitrogen and oxygen atoms in total. The van der Waals surface area contributed by atoms with Gasteiger partial charge in [-0.25, -0.2) is 0 Å². The summed E-state index contributed by atoms with van der Waals surface area (Å²) in [6.07, 6.45) is 6.80. The van der Waals surface area contributed by atoms with Crippen molar-refractivity contribution in [2.24, 2.45) is 11.8 Å². The van der Waals surface area contributed by atoms with E-state index in [0.29, 0.717) is 23.8 Å². The number of carbonyl (C=O) groups is 1. The fraction of sp³-hybridized carbons (Fsp3) is 0.625. The molecule has 4 fully saturated rings. The molecular formula is C24H30N2O2. The third-order valence-electron chi connectivity index (χ3n) is 6.90. The largest absolute Gasteiger partial charge is 0.395 e. The van der Waals surface area contributed by atoms with E-state index in [-0.39, 0.29) is 18.6 Å². The number of fused-ring (bicyclic) bond motifs is 1. The van der Waals surface area contributed by atoms with Crippen LogP contribution in [0.5, 0.6) is 0 Å². The second-order valence-corrected chi connectivity index (χ2v) is 9.01. The molecule has 2 saturated carbocycles. The van der Waals surface area contributed by atoms with E-state index in [2.05, 4.69) is 45.9 Å². The van der Waals surface area contributed by atoms with Gasteiger partial charge in [0.2, 0.25) is 5.91 Å². The van der Waals surface area contributed by atoms with Crippen molar-refractivity contribution in [2.75, 3.05) is 26.2 Å². The molecule has 2 aliphatic carbocycles. The first-order valence-corrected chi connectivity index (χ1v) is 11.0. The van der Waals surface area contributed by atoms with Gasteiger partial charge in [0.05, 0.1) is 6.61 Å². The van der Waals surface area contributed by atoms with Gasteiger partial charge < -0.3 is 10.0 Å². The lowest BCUT2D eigenvalue weighted by atomic mass is 9.74. The third-order valence-corrected chi connectivity index (χ3v) is 6.90. The van der Waals surface area contributed by atoms with E-state index in [4.69, 9.17) is 0 Å². The molecule has 4 heteroatoms. The van der Waals surface area contributed by atoms with E-state index in [9.17, 15) is 9.90 Å². The monoisotopic (exact) mass is 378 g/mol. The molecule has 2 aliphatic heterocycles. The first-order valence-electron chi connectivity index (χ1n) is 11.0. The quantitative estimate of drug-likeness (QED) is 0.823. The first-order chi connectivity index (χ1) is 13.7. The second kappa shape index (κ2) is 7.54. The van der Waals surface area contributed by atoms with Gasteiger partial charge >= 0.3 is 0 Å². The summed E-state index contributed by atoms with van der Waals surface area (Å²) >= 11 is 0. The summed E-state index contributed by atoms with van der Waals surface area (Å²) in [6, 6.07) is 9.11. The normalized spacial score (nSPS) is 30.3. The van der Waals surface area contributed by atoms with Crippen molar-refractivity contribution in [1.29, 1.82) is 0 Å². The minimum Gasteiger partial charge on any atom is -0.395 e. The van der Waals surface area contributed by atoms with Gasteiger partial charge in [0.1, 0.15) is 0 Å². The standard InChI is InChI=1S/C24H30N2O2/c27-16-22-23(19-9-7-18(8-10-19)6-5-17-3-4-17)21-15-25(24(28)20-11-12-20)13-1-2-14-26(21)22/h7-10,17,20-23,27H,1-4,11-16H2/t21-,22-,23+/m0/s1. The molecular weight excluding hydrogens is 348 g/mol. The molecule has 4 aliphatic rings. The summed E-state index contributed by atoms with van der Waals surface area (Å²) in [4.78, 5) is 17.3. The molecule has 148 valence electrons. The maximum atomic E-state index is 12.7. The average molecular weight is 379 g/mol. The zero-order chi connectivity index (χ0) is 19.1. The number of hydrogen-bond donors (Lipinski definition) is 1. The van der Waals surface area contributed by atoms with Gasteiger partial charge in [-0.1, -0.05) is 24.0 Å². The van der Waals surface area contributed by atoms with Gasteiger partial charge in [-0.15, -0.1) is 0 Å². The second-order valence-electron chi connectivity index (χ2n) is 9.01. The van der Waals surface area contributed by atoms with Crippen molar-refractivity contribution < 1.29 is 9.90 Å². The Morgan fingerprint density at radius 3 is 2.50 bits per heavy atom. The Hall–Kier alpha value is -1.83. The first kappa shape index (κ1) is 18.2. The molecule has 0 aromatic heterocycles. The molecule has 0 spiro atoms. The Morgan fingerprint density at radius 2 is 1.82 bits per heavy atom. The molecule has 1 N–H and O–H groups in total. The van der Waals surface area contributed by atoms with Crippen LogP contribution in [0.25, 0.3) is 0 Å². The fourth-order valence-electron chi connectivity index (χ4n) is 4.93. The minimum atomic E-state index is 0.171. The van der Waals surface area contributed by atoms with Gasteiger partial charge in [-0.3, -0.25) is 9.69 Å². The van der Waals surface area contributed by atoms with E-state index >= 15 is 0 Å². The molecule has 0 bridgehead atoms. The lowest BCUT2D eigenvalue weighted by Gasteiger charge is -2.57. The fourth-order valence-corrected chi connectivity index (χ4v) is 4.93. The summed E-state index contributed by atoms with van der Waals surface area (Å²) in [6.45, 7) is 2.91. The Labute approximate surface area is 167 Å². The number of benzene rings is 1. The average Bonchev–Trinajstić information content (AvgIpc) is 3.59. The van der Waals surface area contributed by atoms with Crippen LogP contribution in [0, 0.1) is 23.7 Å². The van der Waals surface area contributed by atoms with Gasteiger partial charge in [0.25, 0.3) is 0 Å². The predicted molar refractivity (Wildman–Crippen MR) is 109 cm³/mol. The highest BCUT2D eigenvalue weighted by atomic mass is 16.3. The molecule has 1 aromatic rings. The van der Waals surface area contributed by atoms with Gasteiger partial charge in [0, 0.05) is 48.5 Å². The summed E-state index contributed by atoms with van der Waals surface area (Å²) in [5.41, 5.74) is 2.35.